The summed E-state index contributed by atoms with van der Waals surface area (Å²) in [6.07, 6.45) is 0.0938. The summed E-state index contributed by atoms with van der Waals surface area (Å²) in [4.78, 5) is 2.17. The van der Waals surface area contributed by atoms with Crippen LogP contribution in [0.25, 0.3) is 0 Å². The first-order chi connectivity index (χ1) is 6.59. The molecule has 15 heavy (non-hydrogen) atoms. The molecule has 3 unspecified atom stereocenters. The van der Waals surface area contributed by atoms with E-state index in [9.17, 15) is 10.2 Å². The van der Waals surface area contributed by atoms with Crippen molar-refractivity contribution in [2.75, 3.05) is 32.7 Å². The lowest BCUT2D eigenvalue weighted by Gasteiger charge is -2.28. The second kappa shape index (κ2) is 4.97. The van der Waals surface area contributed by atoms with Crippen LogP contribution in [0.4, 0.5) is 0 Å². The molecule has 5 heteroatoms. The van der Waals surface area contributed by atoms with E-state index >= 15 is 0 Å². The van der Waals surface area contributed by atoms with E-state index in [2.05, 4.69) is 17.1 Å². The fourth-order valence-corrected chi connectivity index (χ4v) is 2.52. The average Bonchev–Trinajstić information content (AvgIpc) is 2.62. The van der Waals surface area contributed by atoms with E-state index in [-0.39, 0.29) is 12.4 Å². The van der Waals surface area contributed by atoms with Crippen molar-refractivity contribution in [1.82, 2.24) is 10.2 Å². The monoisotopic (exact) mass is 236 g/mol. The molecule has 90 valence electrons. The molecule has 2 heterocycles. The minimum absolute atomic E-state index is 0. The second-order valence-corrected chi connectivity index (χ2v) is 5.07. The van der Waals surface area contributed by atoms with Crippen LogP contribution in [0.1, 0.15) is 13.3 Å². The zero-order valence-electron chi connectivity index (χ0n) is 9.15. The number of hydrogen-bond acceptors (Lipinski definition) is 4. The van der Waals surface area contributed by atoms with Crippen LogP contribution in [-0.2, 0) is 0 Å². The summed E-state index contributed by atoms with van der Waals surface area (Å²) < 4.78 is 0. The zero-order chi connectivity index (χ0) is 10.2. The Morgan fingerprint density at radius 2 is 1.93 bits per heavy atom. The first-order valence-electron chi connectivity index (χ1n) is 5.38. The minimum atomic E-state index is -0.548. The molecule has 2 aliphatic rings. The normalized spacial score (nSPS) is 41.8. The molecule has 0 radical (unpaired) electrons. The largest absolute Gasteiger partial charge is 0.389 e. The lowest BCUT2D eigenvalue weighted by Crippen LogP contribution is -2.36. The molecule has 0 aromatic rings. The van der Waals surface area contributed by atoms with E-state index in [0.717, 1.165) is 19.6 Å². The number of aliphatic hydroxyl groups excluding tert-OH is 2. The van der Waals surface area contributed by atoms with Crippen LogP contribution in [0.2, 0.25) is 0 Å². The van der Waals surface area contributed by atoms with Crippen LogP contribution in [0.15, 0.2) is 0 Å². The van der Waals surface area contributed by atoms with Crippen LogP contribution in [0.3, 0.4) is 0 Å². The Labute approximate surface area is 97.1 Å². The molecule has 0 spiro atoms. The van der Waals surface area contributed by atoms with Gasteiger partial charge in [-0.1, -0.05) is 6.92 Å². The van der Waals surface area contributed by atoms with Crippen molar-refractivity contribution >= 4 is 12.4 Å². The second-order valence-electron chi connectivity index (χ2n) is 5.07. The SMILES string of the molecule is CC1(CN2CC(O)C(O)C2)CCNC1.Cl. The molecule has 2 rings (SSSR count). The Morgan fingerprint density at radius 3 is 2.40 bits per heavy atom. The van der Waals surface area contributed by atoms with Gasteiger partial charge in [-0.3, -0.25) is 4.90 Å². The highest BCUT2D eigenvalue weighted by Gasteiger charge is 2.36. The summed E-state index contributed by atoms with van der Waals surface area (Å²) in [6.45, 7) is 6.64. The summed E-state index contributed by atoms with van der Waals surface area (Å²) in [6, 6.07) is 0. The lowest BCUT2D eigenvalue weighted by molar-refractivity contribution is 0.0572. The third-order valence-electron chi connectivity index (χ3n) is 3.40. The summed E-state index contributed by atoms with van der Waals surface area (Å²) in [5.74, 6) is 0. The van der Waals surface area contributed by atoms with Crippen molar-refractivity contribution < 1.29 is 10.2 Å². The molecule has 0 bridgehead atoms. The van der Waals surface area contributed by atoms with Gasteiger partial charge in [0.1, 0.15) is 0 Å². The first-order valence-corrected chi connectivity index (χ1v) is 5.38. The fourth-order valence-electron chi connectivity index (χ4n) is 2.52. The van der Waals surface area contributed by atoms with Gasteiger partial charge in [-0.25, -0.2) is 0 Å². The van der Waals surface area contributed by atoms with Crippen molar-refractivity contribution in [3.05, 3.63) is 0 Å². The van der Waals surface area contributed by atoms with Crippen LogP contribution in [-0.4, -0.2) is 60.0 Å². The standard InChI is InChI=1S/C10H20N2O2.ClH/c1-10(2-3-11-6-10)7-12-4-8(13)9(14)5-12;/h8-9,11,13-14H,2-7H2,1H3;1H. The van der Waals surface area contributed by atoms with E-state index in [4.69, 9.17) is 0 Å². The van der Waals surface area contributed by atoms with Crippen LogP contribution < -0.4 is 5.32 Å². The highest BCUT2D eigenvalue weighted by Crippen LogP contribution is 2.27. The van der Waals surface area contributed by atoms with E-state index in [1.54, 1.807) is 0 Å². The van der Waals surface area contributed by atoms with Crippen molar-refractivity contribution in [3.8, 4) is 0 Å². The highest BCUT2D eigenvalue weighted by atomic mass is 35.5. The number of likely N-dealkylation sites (tertiary alicyclic amines) is 1. The van der Waals surface area contributed by atoms with Gasteiger partial charge >= 0.3 is 0 Å². The fraction of sp³-hybridized carbons (Fsp3) is 1.00. The lowest BCUT2D eigenvalue weighted by atomic mass is 9.89. The zero-order valence-corrected chi connectivity index (χ0v) is 9.96. The quantitative estimate of drug-likeness (QED) is 0.602. The third-order valence-corrected chi connectivity index (χ3v) is 3.40. The predicted molar refractivity (Wildman–Crippen MR) is 61.3 cm³/mol. The van der Waals surface area contributed by atoms with Gasteiger partial charge in [0.25, 0.3) is 0 Å². The molecular weight excluding hydrogens is 216 g/mol. The van der Waals surface area contributed by atoms with E-state index in [0.29, 0.717) is 18.5 Å². The molecule has 3 atom stereocenters. The maximum absolute atomic E-state index is 9.42. The Hall–Kier alpha value is 0.130. The molecule has 0 aromatic carbocycles. The summed E-state index contributed by atoms with van der Waals surface area (Å²) >= 11 is 0. The molecule has 0 aromatic heterocycles. The molecule has 2 aliphatic heterocycles. The van der Waals surface area contributed by atoms with E-state index in [1.165, 1.54) is 6.42 Å². The van der Waals surface area contributed by atoms with Gasteiger partial charge in [-0.15, -0.1) is 12.4 Å². The molecule has 0 aliphatic carbocycles. The number of rotatable bonds is 2. The molecule has 2 fully saturated rings. The van der Waals surface area contributed by atoms with Crippen molar-refractivity contribution in [2.45, 2.75) is 25.6 Å². The summed E-state index contributed by atoms with van der Waals surface area (Å²) in [5.41, 5.74) is 0.323. The number of nitrogens with zero attached hydrogens (tertiary/aromatic N) is 1. The summed E-state index contributed by atoms with van der Waals surface area (Å²) in [7, 11) is 0. The number of aliphatic hydroxyl groups is 2. The molecule has 2 saturated heterocycles. The Kier molecular flexibility index (Phi) is 4.38. The topological polar surface area (TPSA) is 55.7 Å². The van der Waals surface area contributed by atoms with Crippen LogP contribution in [0.5, 0.6) is 0 Å². The molecule has 0 amide bonds. The summed E-state index contributed by atoms with van der Waals surface area (Å²) in [5, 5.41) is 22.2. The molecule has 0 saturated carbocycles. The number of hydrogen-bond donors (Lipinski definition) is 3. The maximum atomic E-state index is 9.42. The van der Waals surface area contributed by atoms with Gasteiger partial charge in [0.05, 0.1) is 12.2 Å². The van der Waals surface area contributed by atoms with E-state index in [1.807, 2.05) is 0 Å². The number of halogens is 1. The Bertz CT molecular complexity index is 200. The Morgan fingerprint density at radius 1 is 1.33 bits per heavy atom. The van der Waals surface area contributed by atoms with Gasteiger partial charge in [0.15, 0.2) is 0 Å². The number of β-amino-alcohol motifs (C(OH)–C–C–N with tert-alkyl or cyclic N) is 2. The Balaban J connectivity index is 0.00000112. The van der Waals surface area contributed by atoms with Gasteiger partial charge < -0.3 is 15.5 Å². The molecule has 3 N–H and O–H groups in total. The molecular formula is C10H21ClN2O2. The van der Waals surface area contributed by atoms with E-state index < -0.39 is 12.2 Å². The van der Waals surface area contributed by atoms with Crippen LogP contribution in [0, 0.1) is 5.41 Å². The maximum Gasteiger partial charge on any atom is 0.0938 e. The highest BCUT2D eigenvalue weighted by molar-refractivity contribution is 5.85. The third kappa shape index (κ3) is 3.04. The van der Waals surface area contributed by atoms with Crippen molar-refractivity contribution in [3.63, 3.8) is 0 Å². The smallest absolute Gasteiger partial charge is 0.0938 e. The van der Waals surface area contributed by atoms with Crippen molar-refractivity contribution in [1.29, 1.82) is 0 Å². The minimum Gasteiger partial charge on any atom is -0.389 e. The number of nitrogens with one attached hydrogen (secondary N) is 1. The van der Waals surface area contributed by atoms with Gasteiger partial charge in [-0.2, -0.15) is 0 Å². The van der Waals surface area contributed by atoms with Gasteiger partial charge in [0, 0.05) is 26.2 Å². The van der Waals surface area contributed by atoms with Gasteiger partial charge in [0.2, 0.25) is 0 Å². The van der Waals surface area contributed by atoms with Crippen molar-refractivity contribution in [2.24, 2.45) is 5.41 Å². The first kappa shape index (κ1) is 13.2. The van der Waals surface area contributed by atoms with Crippen LogP contribution >= 0.6 is 12.4 Å². The average molecular weight is 237 g/mol. The van der Waals surface area contributed by atoms with Gasteiger partial charge in [-0.05, 0) is 18.4 Å². The molecule has 4 nitrogen and oxygen atoms in total. The predicted octanol–water partition coefficient (Wildman–Crippen LogP) is -0.555.